The third-order valence-electron chi connectivity index (χ3n) is 3.74. The second kappa shape index (κ2) is 5.47. The normalized spacial score (nSPS) is 16.4. The SMILES string of the molecule is Cc1nnc([C@@H](C)OC(=O)c2cc(C3CC3)nn2C(C)(C)C)o1. The van der Waals surface area contributed by atoms with Gasteiger partial charge in [-0.3, -0.25) is 4.68 Å². The van der Waals surface area contributed by atoms with Gasteiger partial charge in [0.25, 0.3) is 5.89 Å². The van der Waals surface area contributed by atoms with Crippen LogP contribution in [0.25, 0.3) is 0 Å². The molecular formula is C16H22N4O3. The number of rotatable bonds is 4. The van der Waals surface area contributed by atoms with Crippen LogP contribution in [0.2, 0.25) is 0 Å². The van der Waals surface area contributed by atoms with Crippen LogP contribution in [0.4, 0.5) is 0 Å². The topological polar surface area (TPSA) is 83.0 Å². The maximum Gasteiger partial charge on any atom is 0.357 e. The van der Waals surface area contributed by atoms with Crippen LogP contribution in [-0.2, 0) is 10.3 Å². The molecule has 1 aliphatic rings. The molecule has 7 heteroatoms. The lowest BCUT2D eigenvalue weighted by Crippen LogP contribution is -2.28. The molecule has 0 saturated heterocycles. The smallest absolute Gasteiger partial charge is 0.357 e. The first kappa shape index (κ1) is 15.7. The number of aryl methyl sites for hydroxylation is 1. The number of aromatic nitrogens is 4. The molecule has 1 saturated carbocycles. The Morgan fingerprint density at radius 3 is 2.61 bits per heavy atom. The van der Waals surface area contributed by atoms with Gasteiger partial charge in [0.05, 0.1) is 11.2 Å². The van der Waals surface area contributed by atoms with Crippen molar-refractivity contribution >= 4 is 5.97 Å². The first-order valence-corrected chi connectivity index (χ1v) is 7.87. The maximum atomic E-state index is 12.6. The van der Waals surface area contributed by atoms with Crippen LogP contribution in [-0.4, -0.2) is 25.9 Å². The van der Waals surface area contributed by atoms with E-state index in [1.54, 1.807) is 18.5 Å². The molecule has 23 heavy (non-hydrogen) atoms. The van der Waals surface area contributed by atoms with Gasteiger partial charge >= 0.3 is 5.97 Å². The Morgan fingerprint density at radius 2 is 2.09 bits per heavy atom. The third kappa shape index (κ3) is 3.28. The van der Waals surface area contributed by atoms with E-state index in [1.165, 1.54) is 0 Å². The maximum absolute atomic E-state index is 12.6. The summed E-state index contributed by atoms with van der Waals surface area (Å²) in [5.74, 6) is 0.780. The molecule has 2 aromatic heterocycles. The van der Waals surface area contributed by atoms with Gasteiger partial charge in [-0.15, -0.1) is 10.2 Å². The van der Waals surface area contributed by atoms with E-state index in [-0.39, 0.29) is 5.54 Å². The summed E-state index contributed by atoms with van der Waals surface area (Å²) >= 11 is 0. The first-order valence-electron chi connectivity index (χ1n) is 7.87. The zero-order chi connectivity index (χ0) is 16.8. The van der Waals surface area contributed by atoms with Gasteiger partial charge in [-0.2, -0.15) is 5.10 Å². The van der Waals surface area contributed by atoms with Crippen molar-refractivity contribution in [3.63, 3.8) is 0 Å². The summed E-state index contributed by atoms with van der Waals surface area (Å²) < 4.78 is 12.5. The van der Waals surface area contributed by atoms with E-state index in [9.17, 15) is 4.79 Å². The predicted molar refractivity (Wildman–Crippen MR) is 82.1 cm³/mol. The predicted octanol–water partition coefficient (Wildman–Crippen LogP) is 3.12. The Morgan fingerprint density at radius 1 is 1.39 bits per heavy atom. The highest BCUT2D eigenvalue weighted by atomic mass is 16.6. The fourth-order valence-corrected chi connectivity index (χ4v) is 2.38. The van der Waals surface area contributed by atoms with Crippen LogP contribution in [0.1, 0.15) is 80.5 Å². The summed E-state index contributed by atoms with van der Waals surface area (Å²) in [6.07, 6.45) is 1.66. The van der Waals surface area contributed by atoms with Gasteiger partial charge in [-0.25, -0.2) is 4.79 Å². The van der Waals surface area contributed by atoms with Crippen LogP contribution in [0.5, 0.6) is 0 Å². The molecule has 0 bridgehead atoms. The number of carbonyl (C=O) groups is 1. The minimum atomic E-state index is -0.601. The van der Waals surface area contributed by atoms with Crippen molar-refractivity contribution in [3.05, 3.63) is 29.2 Å². The fourth-order valence-electron chi connectivity index (χ4n) is 2.38. The lowest BCUT2D eigenvalue weighted by molar-refractivity contribution is 0.0255. The fraction of sp³-hybridized carbons (Fsp3) is 0.625. The van der Waals surface area contributed by atoms with E-state index in [4.69, 9.17) is 9.15 Å². The van der Waals surface area contributed by atoms with E-state index in [0.29, 0.717) is 23.4 Å². The van der Waals surface area contributed by atoms with Crippen LogP contribution in [0.15, 0.2) is 10.5 Å². The molecule has 0 aromatic carbocycles. The van der Waals surface area contributed by atoms with Gasteiger partial charge in [0, 0.05) is 12.8 Å². The van der Waals surface area contributed by atoms with Gasteiger partial charge in [0.2, 0.25) is 5.89 Å². The number of nitrogens with zero attached hydrogens (tertiary/aromatic N) is 4. The number of hydrogen-bond acceptors (Lipinski definition) is 6. The molecule has 0 spiro atoms. The molecular weight excluding hydrogens is 296 g/mol. The number of carbonyl (C=O) groups excluding carboxylic acids is 1. The number of esters is 1. The summed E-state index contributed by atoms with van der Waals surface area (Å²) in [7, 11) is 0. The Hall–Kier alpha value is -2.18. The lowest BCUT2D eigenvalue weighted by Gasteiger charge is -2.22. The molecule has 1 aliphatic carbocycles. The van der Waals surface area contributed by atoms with E-state index in [0.717, 1.165) is 18.5 Å². The molecule has 2 aromatic rings. The molecule has 3 rings (SSSR count). The highest BCUT2D eigenvalue weighted by molar-refractivity contribution is 5.88. The van der Waals surface area contributed by atoms with Crippen LogP contribution in [0.3, 0.4) is 0 Å². The van der Waals surface area contributed by atoms with E-state index >= 15 is 0 Å². The van der Waals surface area contributed by atoms with E-state index in [1.807, 2.05) is 26.8 Å². The average Bonchev–Trinajstić information content (AvgIpc) is 3.04. The standard InChI is InChI=1S/C16H22N4O3/c1-9(14-18-17-10(2)23-14)22-15(21)13-8-12(11-6-7-11)19-20(13)16(3,4)5/h8-9,11H,6-7H2,1-5H3/t9-/m1/s1. The summed E-state index contributed by atoms with van der Waals surface area (Å²) in [6, 6.07) is 1.84. The Balaban J connectivity index is 1.83. The highest BCUT2D eigenvalue weighted by Gasteiger charge is 2.32. The number of ether oxygens (including phenoxy) is 1. The highest BCUT2D eigenvalue weighted by Crippen LogP contribution is 2.40. The van der Waals surface area contributed by atoms with Crippen LogP contribution in [0, 0.1) is 6.92 Å². The Labute approximate surface area is 135 Å². The van der Waals surface area contributed by atoms with Crippen LogP contribution < -0.4 is 0 Å². The second-order valence-corrected chi connectivity index (χ2v) is 7.02. The van der Waals surface area contributed by atoms with Crippen LogP contribution >= 0.6 is 0 Å². The average molecular weight is 318 g/mol. The Bertz CT molecular complexity index is 722. The monoisotopic (exact) mass is 318 g/mol. The van der Waals surface area contributed by atoms with Crippen molar-refractivity contribution in [2.45, 2.75) is 65.0 Å². The van der Waals surface area contributed by atoms with Gasteiger partial charge < -0.3 is 9.15 Å². The molecule has 2 heterocycles. The zero-order valence-corrected chi connectivity index (χ0v) is 14.2. The van der Waals surface area contributed by atoms with Crippen molar-refractivity contribution in [2.24, 2.45) is 0 Å². The molecule has 1 atom stereocenters. The first-order chi connectivity index (χ1) is 10.8. The Kier molecular flexibility index (Phi) is 3.74. The van der Waals surface area contributed by atoms with Crippen molar-refractivity contribution in [3.8, 4) is 0 Å². The molecule has 0 amide bonds. The number of hydrogen-bond donors (Lipinski definition) is 0. The molecule has 0 aliphatic heterocycles. The minimum Gasteiger partial charge on any atom is -0.448 e. The summed E-state index contributed by atoms with van der Waals surface area (Å²) in [5, 5.41) is 12.3. The van der Waals surface area contributed by atoms with Gasteiger partial charge in [-0.05, 0) is 46.6 Å². The molecule has 1 fully saturated rings. The summed E-state index contributed by atoms with van der Waals surface area (Å²) in [4.78, 5) is 12.6. The van der Waals surface area contributed by atoms with Gasteiger partial charge in [0.15, 0.2) is 6.10 Å². The molecule has 0 radical (unpaired) electrons. The van der Waals surface area contributed by atoms with Crippen molar-refractivity contribution in [1.29, 1.82) is 0 Å². The lowest BCUT2D eigenvalue weighted by atomic mass is 10.1. The van der Waals surface area contributed by atoms with E-state index in [2.05, 4.69) is 15.3 Å². The van der Waals surface area contributed by atoms with Crippen molar-refractivity contribution < 1.29 is 13.9 Å². The van der Waals surface area contributed by atoms with Crippen molar-refractivity contribution in [2.75, 3.05) is 0 Å². The van der Waals surface area contributed by atoms with Gasteiger partial charge in [0.1, 0.15) is 5.69 Å². The summed E-state index contributed by atoms with van der Waals surface area (Å²) in [6.45, 7) is 9.45. The minimum absolute atomic E-state index is 0.292. The molecule has 7 nitrogen and oxygen atoms in total. The molecule has 124 valence electrons. The third-order valence-corrected chi connectivity index (χ3v) is 3.74. The molecule has 0 unspecified atom stereocenters. The van der Waals surface area contributed by atoms with Gasteiger partial charge in [-0.1, -0.05) is 0 Å². The quantitative estimate of drug-likeness (QED) is 0.805. The van der Waals surface area contributed by atoms with E-state index < -0.39 is 12.1 Å². The molecule has 0 N–H and O–H groups in total. The van der Waals surface area contributed by atoms with Crippen molar-refractivity contribution in [1.82, 2.24) is 20.0 Å². The largest absolute Gasteiger partial charge is 0.448 e. The summed E-state index contributed by atoms with van der Waals surface area (Å²) in [5.41, 5.74) is 1.13. The second-order valence-electron chi connectivity index (χ2n) is 7.02. The zero-order valence-electron chi connectivity index (χ0n) is 14.2.